The Morgan fingerprint density at radius 2 is 2.18 bits per heavy atom. The van der Waals surface area contributed by atoms with Crippen molar-refractivity contribution in [1.82, 2.24) is 15.8 Å². The fourth-order valence-corrected chi connectivity index (χ4v) is 2.23. The van der Waals surface area contributed by atoms with Gasteiger partial charge in [-0.2, -0.15) is 0 Å². The zero-order valence-corrected chi connectivity index (χ0v) is 10.6. The molecule has 1 heterocycles. The molecular formula is C11H10BrN3O2. The normalized spacial score (nSPS) is 10.2. The molecule has 2 amide bonds. The summed E-state index contributed by atoms with van der Waals surface area (Å²) in [5, 5.41) is 0.976. The largest absolute Gasteiger partial charge is 0.350 e. The van der Waals surface area contributed by atoms with E-state index in [2.05, 4.69) is 31.8 Å². The van der Waals surface area contributed by atoms with Crippen LogP contribution in [0.2, 0.25) is 0 Å². The number of hydrogen-bond acceptors (Lipinski definition) is 2. The summed E-state index contributed by atoms with van der Waals surface area (Å²) in [4.78, 5) is 24.7. The quantitative estimate of drug-likeness (QED) is 0.595. The van der Waals surface area contributed by atoms with Crippen LogP contribution < -0.4 is 10.9 Å². The molecule has 0 bridgehead atoms. The molecule has 0 aliphatic heterocycles. The lowest BCUT2D eigenvalue weighted by molar-refractivity contribution is -0.110. The summed E-state index contributed by atoms with van der Waals surface area (Å²) in [6, 6.07) is 5.62. The number of rotatable bonds is 3. The monoisotopic (exact) mass is 295 g/mol. The predicted octanol–water partition coefficient (Wildman–Crippen LogP) is 1.63. The second kappa shape index (κ2) is 4.58. The Labute approximate surface area is 106 Å². The Balaban J connectivity index is 2.41. The average Bonchev–Trinajstić information content (AvgIpc) is 2.69. The zero-order valence-electron chi connectivity index (χ0n) is 9.00. The van der Waals surface area contributed by atoms with Crippen molar-refractivity contribution in [2.45, 2.75) is 6.92 Å². The minimum atomic E-state index is -0.385. The first kappa shape index (κ1) is 11.7. The van der Waals surface area contributed by atoms with E-state index < -0.39 is 0 Å². The minimum absolute atomic E-state index is 0.385. The highest BCUT2D eigenvalue weighted by Gasteiger charge is 2.10. The number of aryl methyl sites for hydroxylation is 1. The molecule has 0 atom stereocenters. The Kier molecular flexibility index (Phi) is 3.14. The highest BCUT2D eigenvalue weighted by molar-refractivity contribution is 9.10. The fraction of sp³-hybridized carbons (Fsp3) is 0.0909. The first-order valence-corrected chi connectivity index (χ1v) is 5.69. The smallest absolute Gasteiger partial charge is 0.286 e. The molecule has 17 heavy (non-hydrogen) atoms. The molecule has 0 radical (unpaired) electrons. The highest BCUT2D eigenvalue weighted by Crippen LogP contribution is 2.24. The van der Waals surface area contributed by atoms with E-state index in [4.69, 9.17) is 0 Å². The van der Waals surface area contributed by atoms with Crippen molar-refractivity contribution in [3.8, 4) is 0 Å². The van der Waals surface area contributed by atoms with E-state index in [1.807, 2.05) is 19.1 Å². The van der Waals surface area contributed by atoms with Crippen molar-refractivity contribution in [3.05, 3.63) is 33.9 Å². The maximum Gasteiger partial charge on any atom is 0.286 e. The summed E-state index contributed by atoms with van der Waals surface area (Å²) in [6.45, 7) is 1.96. The highest BCUT2D eigenvalue weighted by atomic mass is 79.9. The number of amides is 2. The molecule has 0 aliphatic carbocycles. The van der Waals surface area contributed by atoms with E-state index in [0.29, 0.717) is 12.1 Å². The summed E-state index contributed by atoms with van der Waals surface area (Å²) in [5.74, 6) is -0.385. The fourth-order valence-electron chi connectivity index (χ4n) is 1.66. The number of hydrogen-bond donors (Lipinski definition) is 3. The lowest BCUT2D eigenvalue weighted by Gasteiger charge is -1.98. The number of hydrazine groups is 1. The molecule has 5 nitrogen and oxygen atoms in total. The molecule has 2 rings (SSSR count). The standard InChI is InChI=1S/C11H10BrN3O2/c1-6-2-7(12)3-9-8(6)4-10(14-9)11(17)15-13-5-16/h2-5,14H,1H3,(H,13,16)(H,15,17). The van der Waals surface area contributed by atoms with Crippen LogP contribution in [0, 0.1) is 6.92 Å². The van der Waals surface area contributed by atoms with Crippen molar-refractivity contribution in [1.29, 1.82) is 0 Å². The molecule has 3 N–H and O–H groups in total. The number of aromatic nitrogens is 1. The third-order valence-corrected chi connectivity index (χ3v) is 2.86. The van der Waals surface area contributed by atoms with Crippen LogP contribution in [-0.4, -0.2) is 17.3 Å². The van der Waals surface area contributed by atoms with E-state index in [9.17, 15) is 9.59 Å². The number of benzene rings is 1. The van der Waals surface area contributed by atoms with E-state index in [1.54, 1.807) is 6.07 Å². The molecule has 88 valence electrons. The van der Waals surface area contributed by atoms with Crippen molar-refractivity contribution >= 4 is 39.2 Å². The molecule has 0 fully saturated rings. The number of nitrogens with one attached hydrogen (secondary N) is 3. The summed E-state index contributed by atoms with van der Waals surface area (Å²) >= 11 is 3.39. The van der Waals surface area contributed by atoms with E-state index in [1.165, 1.54) is 0 Å². The Hall–Kier alpha value is -1.82. The van der Waals surface area contributed by atoms with Crippen LogP contribution in [0.1, 0.15) is 16.1 Å². The summed E-state index contributed by atoms with van der Waals surface area (Å²) in [5.41, 5.74) is 6.68. The summed E-state index contributed by atoms with van der Waals surface area (Å²) < 4.78 is 0.947. The first-order valence-electron chi connectivity index (χ1n) is 4.90. The van der Waals surface area contributed by atoms with Gasteiger partial charge in [0.15, 0.2) is 0 Å². The van der Waals surface area contributed by atoms with Crippen LogP contribution in [0.15, 0.2) is 22.7 Å². The zero-order chi connectivity index (χ0) is 12.4. The van der Waals surface area contributed by atoms with Gasteiger partial charge in [0.2, 0.25) is 6.41 Å². The van der Waals surface area contributed by atoms with Crippen LogP contribution in [-0.2, 0) is 4.79 Å². The van der Waals surface area contributed by atoms with E-state index in [-0.39, 0.29) is 5.91 Å². The van der Waals surface area contributed by atoms with Gasteiger partial charge in [-0.05, 0) is 30.7 Å². The average molecular weight is 296 g/mol. The van der Waals surface area contributed by atoms with Crippen molar-refractivity contribution in [3.63, 3.8) is 0 Å². The van der Waals surface area contributed by atoms with Crippen LogP contribution in [0.3, 0.4) is 0 Å². The topological polar surface area (TPSA) is 74.0 Å². The maximum atomic E-state index is 11.6. The second-order valence-corrected chi connectivity index (χ2v) is 4.50. The SMILES string of the molecule is Cc1cc(Br)cc2[nH]c(C(=O)NNC=O)cc12. The summed E-state index contributed by atoms with van der Waals surface area (Å²) in [7, 11) is 0. The van der Waals surface area contributed by atoms with E-state index in [0.717, 1.165) is 20.9 Å². The summed E-state index contributed by atoms with van der Waals surface area (Å²) in [6.07, 6.45) is 0.405. The van der Waals surface area contributed by atoms with Gasteiger partial charge >= 0.3 is 0 Å². The number of carbonyl (C=O) groups excluding carboxylic acids is 2. The number of carbonyl (C=O) groups is 2. The number of fused-ring (bicyclic) bond motifs is 1. The molecule has 2 aromatic rings. The maximum absolute atomic E-state index is 11.6. The molecule has 0 saturated carbocycles. The Morgan fingerprint density at radius 1 is 1.41 bits per heavy atom. The van der Waals surface area contributed by atoms with Gasteiger partial charge < -0.3 is 4.98 Å². The van der Waals surface area contributed by atoms with Gasteiger partial charge in [-0.15, -0.1) is 0 Å². The van der Waals surface area contributed by atoms with Gasteiger partial charge in [0, 0.05) is 15.4 Å². The van der Waals surface area contributed by atoms with Crippen molar-refractivity contribution in [2.75, 3.05) is 0 Å². The van der Waals surface area contributed by atoms with Crippen LogP contribution in [0.5, 0.6) is 0 Å². The number of H-pyrrole nitrogens is 1. The Morgan fingerprint density at radius 3 is 2.88 bits per heavy atom. The molecular weight excluding hydrogens is 286 g/mol. The van der Waals surface area contributed by atoms with Crippen LogP contribution in [0.25, 0.3) is 10.9 Å². The molecule has 1 aromatic carbocycles. The van der Waals surface area contributed by atoms with Gasteiger partial charge in [0.05, 0.1) is 0 Å². The molecule has 0 aliphatic rings. The van der Waals surface area contributed by atoms with Gasteiger partial charge in [0.25, 0.3) is 5.91 Å². The van der Waals surface area contributed by atoms with Gasteiger partial charge in [0.1, 0.15) is 5.69 Å². The lowest BCUT2D eigenvalue weighted by atomic mass is 10.1. The van der Waals surface area contributed by atoms with Crippen molar-refractivity contribution in [2.24, 2.45) is 0 Å². The lowest BCUT2D eigenvalue weighted by Crippen LogP contribution is -2.36. The molecule has 0 unspecified atom stereocenters. The Bertz CT molecular complexity index is 592. The first-order chi connectivity index (χ1) is 8.11. The van der Waals surface area contributed by atoms with Gasteiger partial charge in [-0.1, -0.05) is 15.9 Å². The van der Waals surface area contributed by atoms with Gasteiger partial charge in [-0.3, -0.25) is 20.4 Å². The van der Waals surface area contributed by atoms with Gasteiger partial charge in [-0.25, -0.2) is 0 Å². The second-order valence-electron chi connectivity index (χ2n) is 3.58. The number of aromatic amines is 1. The molecule has 1 aromatic heterocycles. The predicted molar refractivity (Wildman–Crippen MR) is 67.4 cm³/mol. The molecule has 6 heteroatoms. The third-order valence-electron chi connectivity index (χ3n) is 2.40. The molecule has 0 spiro atoms. The third kappa shape index (κ3) is 2.31. The number of halogens is 1. The van der Waals surface area contributed by atoms with Crippen molar-refractivity contribution < 1.29 is 9.59 Å². The van der Waals surface area contributed by atoms with Crippen LogP contribution in [0.4, 0.5) is 0 Å². The minimum Gasteiger partial charge on any atom is -0.350 e. The molecule has 0 saturated heterocycles. The van der Waals surface area contributed by atoms with E-state index >= 15 is 0 Å². The van der Waals surface area contributed by atoms with Crippen LogP contribution >= 0.6 is 15.9 Å².